The van der Waals surface area contributed by atoms with Crippen LogP contribution in [0.4, 0.5) is 5.69 Å². The van der Waals surface area contributed by atoms with E-state index in [0.29, 0.717) is 6.42 Å². The van der Waals surface area contributed by atoms with Crippen LogP contribution in [0, 0.1) is 6.92 Å². The first kappa shape index (κ1) is 19.7. The van der Waals surface area contributed by atoms with Crippen LogP contribution >= 0.6 is 0 Å². The summed E-state index contributed by atoms with van der Waals surface area (Å²) in [5, 5.41) is 7.22. The Kier molecular flexibility index (Phi) is 4.51. The summed E-state index contributed by atoms with van der Waals surface area (Å²) in [7, 11) is 0. The van der Waals surface area contributed by atoms with Gasteiger partial charge in [-0.25, -0.2) is 5.01 Å². The fourth-order valence-corrected chi connectivity index (χ4v) is 5.39. The average molecular weight is 429 g/mol. The molecule has 0 saturated carbocycles. The fourth-order valence-electron chi connectivity index (χ4n) is 5.39. The van der Waals surface area contributed by atoms with Gasteiger partial charge in [0.2, 0.25) is 0 Å². The summed E-state index contributed by atoms with van der Waals surface area (Å²) in [4.78, 5) is 14.3. The van der Waals surface area contributed by atoms with Crippen LogP contribution in [-0.4, -0.2) is 17.0 Å². The molecule has 0 fully saturated rings. The number of nitrogens with zero attached hydrogens (tertiary/aromatic N) is 2. The molecule has 3 nitrogen and oxygen atoms in total. The van der Waals surface area contributed by atoms with Crippen LogP contribution in [0.5, 0.6) is 0 Å². The Morgan fingerprint density at radius 3 is 2.12 bits per heavy atom. The lowest BCUT2D eigenvalue weighted by molar-refractivity contribution is 0.0899. The molecule has 160 valence electrons. The largest absolute Gasteiger partial charge is 0.291 e. The van der Waals surface area contributed by atoms with Gasteiger partial charge in [0.1, 0.15) is 5.54 Å². The first-order valence-electron chi connectivity index (χ1n) is 11.4. The van der Waals surface area contributed by atoms with Crippen LogP contribution in [0.3, 0.4) is 0 Å². The lowest BCUT2D eigenvalue weighted by atomic mass is 9.72. The van der Waals surface area contributed by atoms with Gasteiger partial charge in [-0.15, -0.1) is 0 Å². The molecule has 0 N–H and O–H groups in total. The molecular formula is C30H24N2O. The summed E-state index contributed by atoms with van der Waals surface area (Å²) in [5.41, 5.74) is 6.26. The summed E-state index contributed by atoms with van der Waals surface area (Å²) in [6, 6.07) is 37.0. The molecule has 0 unspecified atom stereocenters. The van der Waals surface area contributed by atoms with Crippen LogP contribution in [0.15, 0.2) is 114 Å². The van der Waals surface area contributed by atoms with Crippen molar-refractivity contribution in [3.8, 4) is 0 Å². The Balaban J connectivity index is 1.63. The third-order valence-electron chi connectivity index (χ3n) is 6.93. The molecule has 3 heteroatoms. The SMILES string of the molecule is Cc1ccc(N2N=C(c3ccccc3)[C@@H](c3ccccc3)[C@@]23Cc2ccccc2C3=O)cc1. The second kappa shape index (κ2) is 7.56. The summed E-state index contributed by atoms with van der Waals surface area (Å²) < 4.78 is 0. The summed E-state index contributed by atoms with van der Waals surface area (Å²) in [6.07, 6.45) is 0.620. The predicted molar refractivity (Wildman–Crippen MR) is 133 cm³/mol. The predicted octanol–water partition coefficient (Wildman–Crippen LogP) is 6.18. The lowest BCUT2D eigenvalue weighted by Crippen LogP contribution is -2.53. The zero-order valence-corrected chi connectivity index (χ0v) is 18.5. The molecule has 1 aliphatic heterocycles. The highest BCUT2D eigenvalue weighted by atomic mass is 16.1. The summed E-state index contributed by atoms with van der Waals surface area (Å²) >= 11 is 0. The quantitative estimate of drug-likeness (QED) is 0.390. The van der Waals surface area contributed by atoms with E-state index in [1.54, 1.807) is 0 Å². The van der Waals surface area contributed by atoms with Gasteiger partial charge in [-0.2, -0.15) is 5.10 Å². The molecule has 4 aromatic rings. The van der Waals surface area contributed by atoms with Crippen LogP contribution in [0.25, 0.3) is 0 Å². The minimum Gasteiger partial charge on any atom is -0.291 e. The molecule has 4 aromatic carbocycles. The number of hydrogen-bond acceptors (Lipinski definition) is 3. The molecule has 2 aliphatic rings. The standard InChI is InChI=1S/C30H24N2O/c1-21-16-18-25(19-17-21)32-30(20-24-14-8-9-15-26(24)29(30)33)27(22-10-4-2-5-11-22)28(31-32)23-12-6-3-7-13-23/h2-19,27H,20H2,1H3/t27-,30-/m1/s1. The molecule has 0 radical (unpaired) electrons. The van der Waals surface area contributed by atoms with Crippen LogP contribution < -0.4 is 5.01 Å². The second-order valence-electron chi connectivity index (χ2n) is 8.93. The molecule has 1 heterocycles. The molecule has 0 bridgehead atoms. The van der Waals surface area contributed by atoms with Gasteiger partial charge >= 0.3 is 0 Å². The molecular weight excluding hydrogens is 404 g/mol. The number of carbonyl (C=O) groups excluding carboxylic acids is 1. The Morgan fingerprint density at radius 1 is 0.788 bits per heavy atom. The van der Waals surface area contributed by atoms with Crippen LogP contribution in [0.1, 0.15) is 38.5 Å². The van der Waals surface area contributed by atoms with Gasteiger partial charge in [0.25, 0.3) is 0 Å². The van der Waals surface area contributed by atoms with E-state index in [-0.39, 0.29) is 11.7 Å². The third-order valence-corrected chi connectivity index (χ3v) is 6.93. The summed E-state index contributed by atoms with van der Waals surface area (Å²) in [6.45, 7) is 2.07. The number of anilines is 1. The van der Waals surface area contributed by atoms with Crippen LogP contribution in [-0.2, 0) is 6.42 Å². The van der Waals surface area contributed by atoms with Crippen molar-refractivity contribution < 1.29 is 4.79 Å². The van der Waals surface area contributed by atoms with Gasteiger partial charge in [0.15, 0.2) is 5.78 Å². The highest BCUT2D eigenvalue weighted by Gasteiger charge is 2.60. The molecule has 0 saturated heterocycles. The highest BCUT2D eigenvalue weighted by Crippen LogP contribution is 2.51. The van der Waals surface area contributed by atoms with Crippen molar-refractivity contribution in [2.24, 2.45) is 5.10 Å². The van der Waals surface area contributed by atoms with Crippen molar-refractivity contribution in [3.05, 3.63) is 137 Å². The number of aryl methyl sites for hydroxylation is 1. The fraction of sp³-hybridized carbons (Fsp3) is 0.133. The smallest absolute Gasteiger partial charge is 0.192 e. The topological polar surface area (TPSA) is 32.7 Å². The lowest BCUT2D eigenvalue weighted by Gasteiger charge is -2.37. The van der Waals surface area contributed by atoms with E-state index < -0.39 is 5.54 Å². The van der Waals surface area contributed by atoms with Crippen LogP contribution in [0.2, 0.25) is 0 Å². The van der Waals surface area contributed by atoms with Gasteiger partial charge in [-0.05, 0) is 35.7 Å². The molecule has 0 amide bonds. The maximum atomic E-state index is 14.3. The molecule has 0 aromatic heterocycles. The van der Waals surface area contributed by atoms with Crippen molar-refractivity contribution in [1.29, 1.82) is 0 Å². The van der Waals surface area contributed by atoms with Crippen molar-refractivity contribution in [2.45, 2.75) is 24.8 Å². The first-order valence-corrected chi connectivity index (χ1v) is 11.4. The zero-order valence-electron chi connectivity index (χ0n) is 18.5. The van der Waals surface area contributed by atoms with E-state index in [4.69, 9.17) is 5.10 Å². The number of hydrazone groups is 1. The molecule has 2 atom stereocenters. The monoisotopic (exact) mass is 428 g/mol. The number of carbonyl (C=O) groups is 1. The van der Waals surface area contributed by atoms with Gasteiger partial charge in [0, 0.05) is 12.0 Å². The van der Waals surface area contributed by atoms with E-state index >= 15 is 0 Å². The number of Topliss-reactive ketones (excluding diaryl/α,β-unsaturated/α-hetero) is 1. The van der Waals surface area contributed by atoms with Crippen molar-refractivity contribution in [3.63, 3.8) is 0 Å². The number of fused-ring (bicyclic) bond motifs is 1. The van der Waals surface area contributed by atoms with Gasteiger partial charge in [0.05, 0.1) is 17.3 Å². The van der Waals surface area contributed by atoms with Gasteiger partial charge in [-0.1, -0.05) is 103 Å². The molecule has 6 rings (SSSR count). The van der Waals surface area contributed by atoms with E-state index in [9.17, 15) is 4.79 Å². The number of benzene rings is 4. The maximum absolute atomic E-state index is 14.3. The zero-order chi connectivity index (χ0) is 22.4. The Morgan fingerprint density at radius 2 is 1.42 bits per heavy atom. The third kappa shape index (κ3) is 2.96. The molecule has 33 heavy (non-hydrogen) atoms. The minimum atomic E-state index is -0.842. The summed E-state index contributed by atoms with van der Waals surface area (Å²) in [5.74, 6) is -0.0514. The Hall–Kier alpha value is -3.98. The normalized spacial score (nSPS) is 21.4. The first-order chi connectivity index (χ1) is 16.2. The van der Waals surface area contributed by atoms with Gasteiger partial charge < -0.3 is 0 Å². The van der Waals surface area contributed by atoms with E-state index in [2.05, 4.69) is 61.5 Å². The average Bonchev–Trinajstić information content (AvgIpc) is 3.36. The van der Waals surface area contributed by atoms with Gasteiger partial charge in [-0.3, -0.25) is 4.79 Å². The molecule has 1 aliphatic carbocycles. The van der Waals surface area contributed by atoms with E-state index in [0.717, 1.165) is 33.7 Å². The van der Waals surface area contributed by atoms with E-state index in [1.807, 2.05) is 59.6 Å². The molecule has 1 spiro atoms. The number of ketones is 1. The Labute approximate surface area is 194 Å². The minimum absolute atomic E-state index is 0.141. The number of rotatable bonds is 3. The number of hydrogen-bond donors (Lipinski definition) is 0. The van der Waals surface area contributed by atoms with E-state index in [1.165, 1.54) is 5.56 Å². The highest BCUT2D eigenvalue weighted by molar-refractivity contribution is 6.19. The second-order valence-corrected chi connectivity index (χ2v) is 8.93. The van der Waals surface area contributed by atoms with Crippen molar-refractivity contribution in [2.75, 3.05) is 5.01 Å². The van der Waals surface area contributed by atoms with Crippen molar-refractivity contribution in [1.82, 2.24) is 0 Å². The maximum Gasteiger partial charge on any atom is 0.192 e. The van der Waals surface area contributed by atoms with Crippen molar-refractivity contribution >= 4 is 17.2 Å². The Bertz CT molecular complexity index is 1360.